The van der Waals surface area contributed by atoms with Crippen molar-refractivity contribution >= 4 is 49.1 Å². The van der Waals surface area contributed by atoms with Crippen LogP contribution in [0.3, 0.4) is 0 Å². The molecule has 2 aromatic rings. The molecule has 0 bridgehead atoms. The van der Waals surface area contributed by atoms with E-state index in [0.717, 1.165) is 10.0 Å². The number of nitro groups is 1. The number of para-hydroxylation sites is 1. The van der Waals surface area contributed by atoms with Crippen LogP contribution in [-0.2, 0) is 6.42 Å². The summed E-state index contributed by atoms with van der Waals surface area (Å²) in [6, 6.07) is 12.3. The Bertz CT molecular complexity index is 649. The van der Waals surface area contributed by atoms with Gasteiger partial charge in [-0.2, -0.15) is 0 Å². The van der Waals surface area contributed by atoms with E-state index in [9.17, 15) is 10.1 Å². The Morgan fingerprint density at radius 3 is 2.65 bits per heavy atom. The minimum absolute atomic E-state index is 0.0586. The Morgan fingerprint density at radius 1 is 1.25 bits per heavy atom. The normalized spacial score (nSPS) is 12.2. The SMILES string of the molecule is O=[N+]([O-])c1ccccc1CC(Br)c1cc(Cl)ccc1Br. The summed E-state index contributed by atoms with van der Waals surface area (Å²) in [6.45, 7) is 0. The van der Waals surface area contributed by atoms with Crippen LogP contribution in [0.1, 0.15) is 16.0 Å². The Hall–Kier alpha value is -0.910. The van der Waals surface area contributed by atoms with Gasteiger partial charge in [-0.25, -0.2) is 0 Å². The number of nitrogens with zero attached hydrogens (tertiary/aromatic N) is 1. The topological polar surface area (TPSA) is 43.1 Å². The average Bonchev–Trinajstić information content (AvgIpc) is 2.41. The van der Waals surface area contributed by atoms with Gasteiger partial charge >= 0.3 is 0 Å². The number of alkyl halides is 1. The fourth-order valence-corrected chi connectivity index (χ4v) is 3.66. The zero-order valence-electron chi connectivity index (χ0n) is 10.2. The summed E-state index contributed by atoms with van der Waals surface area (Å²) in [5.41, 5.74) is 1.79. The molecule has 0 spiro atoms. The standard InChI is InChI=1S/C14H10Br2ClNO2/c15-12-6-5-10(17)8-11(12)13(16)7-9-3-1-2-4-14(9)18(19)20/h1-6,8,13H,7H2. The van der Waals surface area contributed by atoms with Crippen molar-refractivity contribution in [2.45, 2.75) is 11.2 Å². The molecule has 1 unspecified atom stereocenters. The first-order valence-electron chi connectivity index (χ1n) is 5.80. The van der Waals surface area contributed by atoms with Crippen molar-refractivity contribution in [2.75, 3.05) is 0 Å². The summed E-state index contributed by atoms with van der Waals surface area (Å²) in [7, 11) is 0. The van der Waals surface area contributed by atoms with E-state index in [-0.39, 0.29) is 15.4 Å². The van der Waals surface area contributed by atoms with Crippen molar-refractivity contribution in [3.63, 3.8) is 0 Å². The fourth-order valence-electron chi connectivity index (χ4n) is 1.92. The predicted molar refractivity (Wildman–Crippen MR) is 87.6 cm³/mol. The van der Waals surface area contributed by atoms with Crippen molar-refractivity contribution in [3.8, 4) is 0 Å². The maximum absolute atomic E-state index is 11.0. The summed E-state index contributed by atoms with van der Waals surface area (Å²) in [5.74, 6) is 0. The van der Waals surface area contributed by atoms with Gasteiger partial charge in [0.1, 0.15) is 0 Å². The Labute approximate surface area is 138 Å². The average molecular weight is 420 g/mol. The summed E-state index contributed by atoms with van der Waals surface area (Å²) >= 11 is 13.0. The molecule has 0 amide bonds. The number of nitro benzene ring substituents is 1. The second kappa shape index (κ2) is 6.70. The molecule has 0 fully saturated rings. The summed E-state index contributed by atoms with van der Waals surface area (Å²) in [6.07, 6.45) is 0.510. The van der Waals surface area contributed by atoms with E-state index in [1.165, 1.54) is 6.07 Å². The highest BCUT2D eigenvalue weighted by Gasteiger charge is 2.18. The van der Waals surface area contributed by atoms with Crippen LogP contribution in [0.2, 0.25) is 5.02 Å². The minimum Gasteiger partial charge on any atom is -0.258 e. The molecule has 0 aromatic heterocycles. The molecular formula is C14H10Br2ClNO2. The molecule has 20 heavy (non-hydrogen) atoms. The Morgan fingerprint density at radius 2 is 1.95 bits per heavy atom. The van der Waals surface area contributed by atoms with Gasteiger partial charge in [-0.15, -0.1) is 0 Å². The van der Waals surface area contributed by atoms with Crippen LogP contribution in [0, 0.1) is 10.1 Å². The monoisotopic (exact) mass is 417 g/mol. The van der Waals surface area contributed by atoms with Crippen LogP contribution in [-0.4, -0.2) is 4.92 Å². The van der Waals surface area contributed by atoms with Gasteiger partial charge in [0, 0.05) is 26.0 Å². The summed E-state index contributed by atoms with van der Waals surface area (Å²) in [4.78, 5) is 10.6. The van der Waals surface area contributed by atoms with E-state index in [4.69, 9.17) is 11.6 Å². The third-order valence-corrected chi connectivity index (χ3v) is 4.66. The fraction of sp³-hybridized carbons (Fsp3) is 0.143. The molecule has 0 aliphatic rings. The zero-order chi connectivity index (χ0) is 14.7. The van der Waals surface area contributed by atoms with E-state index in [1.54, 1.807) is 24.3 Å². The van der Waals surface area contributed by atoms with E-state index < -0.39 is 0 Å². The number of halogens is 3. The first-order valence-corrected chi connectivity index (χ1v) is 7.89. The number of rotatable bonds is 4. The number of hydrogen-bond donors (Lipinski definition) is 0. The molecule has 104 valence electrons. The predicted octanol–water partition coefficient (Wildman–Crippen LogP) is 5.69. The lowest BCUT2D eigenvalue weighted by Crippen LogP contribution is -2.00. The largest absolute Gasteiger partial charge is 0.272 e. The van der Waals surface area contributed by atoms with Crippen LogP contribution >= 0.6 is 43.5 Å². The second-order valence-electron chi connectivity index (χ2n) is 4.22. The molecule has 0 aliphatic heterocycles. The Balaban J connectivity index is 2.30. The van der Waals surface area contributed by atoms with Gasteiger partial charge in [-0.1, -0.05) is 61.7 Å². The van der Waals surface area contributed by atoms with E-state index in [0.29, 0.717) is 17.0 Å². The third kappa shape index (κ3) is 3.59. The maximum atomic E-state index is 11.0. The third-order valence-electron chi connectivity index (χ3n) is 2.88. The maximum Gasteiger partial charge on any atom is 0.272 e. The highest BCUT2D eigenvalue weighted by Crippen LogP contribution is 2.35. The molecule has 0 saturated carbocycles. The van der Waals surface area contributed by atoms with Gasteiger partial charge in [-0.05, 0) is 30.2 Å². The van der Waals surface area contributed by atoms with Crippen LogP contribution in [0.4, 0.5) is 5.69 Å². The van der Waals surface area contributed by atoms with E-state index in [1.807, 2.05) is 12.1 Å². The van der Waals surface area contributed by atoms with Gasteiger partial charge < -0.3 is 0 Å². The Kier molecular flexibility index (Phi) is 5.18. The van der Waals surface area contributed by atoms with Crippen LogP contribution in [0.15, 0.2) is 46.9 Å². The van der Waals surface area contributed by atoms with Crippen LogP contribution in [0.25, 0.3) is 0 Å². The van der Waals surface area contributed by atoms with Gasteiger partial charge in [0.2, 0.25) is 0 Å². The lowest BCUT2D eigenvalue weighted by molar-refractivity contribution is -0.385. The first kappa shape index (κ1) is 15.5. The van der Waals surface area contributed by atoms with Crippen molar-refractivity contribution < 1.29 is 4.92 Å². The molecule has 1 atom stereocenters. The molecule has 2 rings (SSSR count). The van der Waals surface area contributed by atoms with Gasteiger partial charge in [-0.3, -0.25) is 10.1 Å². The van der Waals surface area contributed by atoms with Gasteiger partial charge in [0.05, 0.1) is 4.92 Å². The summed E-state index contributed by atoms with van der Waals surface area (Å²) < 4.78 is 0.919. The van der Waals surface area contributed by atoms with Crippen LogP contribution < -0.4 is 0 Å². The summed E-state index contributed by atoms with van der Waals surface area (Å²) in [5, 5.41) is 11.7. The quantitative estimate of drug-likeness (QED) is 0.363. The molecule has 3 nitrogen and oxygen atoms in total. The van der Waals surface area contributed by atoms with Crippen LogP contribution in [0.5, 0.6) is 0 Å². The molecular weight excluding hydrogens is 409 g/mol. The second-order valence-corrected chi connectivity index (χ2v) is 6.62. The minimum atomic E-state index is -0.359. The first-order chi connectivity index (χ1) is 9.49. The molecule has 2 aromatic carbocycles. The molecule has 0 radical (unpaired) electrons. The number of hydrogen-bond acceptors (Lipinski definition) is 2. The van der Waals surface area contributed by atoms with Crippen molar-refractivity contribution in [1.29, 1.82) is 0 Å². The molecule has 0 N–H and O–H groups in total. The van der Waals surface area contributed by atoms with Crippen molar-refractivity contribution in [3.05, 3.63) is 73.2 Å². The van der Waals surface area contributed by atoms with E-state index in [2.05, 4.69) is 31.9 Å². The van der Waals surface area contributed by atoms with Gasteiger partial charge in [0.15, 0.2) is 0 Å². The molecule has 0 aliphatic carbocycles. The highest BCUT2D eigenvalue weighted by atomic mass is 79.9. The number of benzene rings is 2. The molecule has 0 saturated heterocycles. The zero-order valence-corrected chi connectivity index (χ0v) is 14.2. The van der Waals surface area contributed by atoms with Crippen molar-refractivity contribution in [1.82, 2.24) is 0 Å². The lowest BCUT2D eigenvalue weighted by atomic mass is 10.0. The molecule has 0 heterocycles. The van der Waals surface area contributed by atoms with E-state index >= 15 is 0 Å². The smallest absolute Gasteiger partial charge is 0.258 e. The van der Waals surface area contributed by atoms with Crippen molar-refractivity contribution in [2.24, 2.45) is 0 Å². The highest BCUT2D eigenvalue weighted by molar-refractivity contribution is 9.11. The van der Waals surface area contributed by atoms with Gasteiger partial charge in [0.25, 0.3) is 5.69 Å². The molecule has 6 heteroatoms. The lowest BCUT2D eigenvalue weighted by Gasteiger charge is -2.13.